The molecule has 5 fully saturated rings. The third kappa shape index (κ3) is 7.23. The summed E-state index contributed by atoms with van der Waals surface area (Å²) in [4.78, 5) is 14.3. The lowest BCUT2D eigenvalue weighted by Gasteiger charge is -2.52. The monoisotopic (exact) mass is 952 g/mol. The number of thiophene rings is 1. The van der Waals surface area contributed by atoms with Crippen LogP contribution in [0.25, 0.3) is 0 Å². The number of phenols is 2. The van der Waals surface area contributed by atoms with Gasteiger partial charge in [-0.25, -0.2) is 0 Å². The van der Waals surface area contributed by atoms with Crippen molar-refractivity contribution in [2.45, 2.75) is 106 Å². The van der Waals surface area contributed by atoms with E-state index in [9.17, 15) is 30.3 Å². The smallest absolute Gasteiger partial charge is 0.310 e. The van der Waals surface area contributed by atoms with Crippen LogP contribution in [0.2, 0.25) is 0 Å². The second kappa shape index (κ2) is 17.4. The Morgan fingerprint density at radius 3 is 2.34 bits per heavy atom. The van der Waals surface area contributed by atoms with Crippen LogP contribution in [-0.2, 0) is 34.9 Å². The van der Waals surface area contributed by atoms with Crippen LogP contribution < -0.4 is 18.9 Å². The quantitative estimate of drug-likeness (QED) is 0.105. The minimum absolute atomic E-state index is 0.0242. The summed E-state index contributed by atoms with van der Waals surface area (Å²) in [5.74, 6) is 3.73. The number of benzene rings is 3. The van der Waals surface area contributed by atoms with E-state index in [-0.39, 0.29) is 42.7 Å². The number of methoxy groups -OCH3 is 2. The summed E-state index contributed by atoms with van der Waals surface area (Å²) >= 11 is 1.46. The molecule has 8 aliphatic rings. The fraction of sp³-hybridized carbons (Fsp3) is 0.519. The molecule has 0 bridgehead atoms. The lowest BCUT2D eigenvalue weighted by molar-refractivity contribution is -0.368. The number of aliphatic hydroxyl groups is 3. The van der Waals surface area contributed by atoms with Crippen LogP contribution in [0.4, 0.5) is 0 Å². The molecule has 4 aromatic rings. The Hall–Kier alpha value is -5.09. The number of terminal acetylenes is 1. The zero-order valence-corrected chi connectivity index (χ0v) is 38.8. The SMILES string of the molecule is C#C[C@]1(O)CC[C@H]2[C@@H]3CCc4cc(O)ccc4[C@H]3CC[C@@]21C.COc1cc([C@@H]2c3cc4c(cc3C(O[C@@H]3O[C@@H]5COC(c6cccs6)O[C@H]5[C@H](O)[C@H]3O)C3COC(=O)[C@@H]32)OCO4)cc(OC)c1O. The Kier molecular flexibility index (Phi) is 11.6. The highest BCUT2D eigenvalue weighted by atomic mass is 32.1. The van der Waals surface area contributed by atoms with Gasteiger partial charge in [0.25, 0.3) is 0 Å². The Bertz CT molecular complexity index is 2590. The van der Waals surface area contributed by atoms with Gasteiger partial charge in [0.2, 0.25) is 12.5 Å². The summed E-state index contributed by atoms with van der Waals surface area (Å²) in [6.45, 7) is 2.39. The summed E-state index contributed by atoms with van der Waals surface area (Å²) in [5.41, 5.74) is 3.69. The highest BCUT2D eigenvalue weighted by Gasteiger charge is 2.61. The van der Waals surface area contributed by atoms with Crippen LogP contribution in [0.1, 0.15) is 96.0 Å². The molecule has 0 radical (unpaired) electrons. The van der Waals surface area contributed by atoms with E-state index in [1.165, 1.54) is 36.7 Å². The van der Waals surface area contributed by atoms with Crippen LogP contribution in [0.15, 0.2) is 60.0 Å². The summed E-state index contributed by atoms with van der Waals surface area (Å²) in [7, 11) is 2.86. The lowest BCUT2D eigenvalue weighted by atomic mass is 9.53. The molecule has 1 aromatic heterocycles. The van der Waals surface area contributed by atoms with E-state index < -0.39 is 72.4 Å². The van der Waals surface area contributed by atoms with Gasteiger partial charge in [0, 0.05) is 17.3 Å². The normalized spacial score (nSPS) is 37.1. The topological polar surface area (TPSA) is 201 Å². The number of carbonyl (C=O) groups is 1. The van der Waals surface area contributed by atoms with Gasteiger partial charge in [-0.3, -0.25) is 4.79 Å². The van der Waals surface area contributed by atoms with E-state index in [0.717, 1.165) is 43.4 Å². The summed E-state index contributed by atoms with van der Waals surface area (Å²) in [6, 6.07) is 16.6. The van der Waals surface area contributed by atoms with Crippen LogP contribution in [-0.4, -0.2) is 102 Å². The fourth-order valence-electron chi connectivity index (χ4n) is 13.0. The van der Waals surface area contributed by atoms with Crippen LogP contribution in [0.3, 0.4) is 0 Å². The van der Waals surface area contributed by atoms with Gasteiger partial charge in [-0.1, -0.05) is 25.0 Å². The number of fused-ring (bicyclic) bond motifs is 9. The largest absolute Gasteiger partial charge is 0.508 e. The molecule has 16 heteroatoms. The van der Waals surface area contributed by atoms with Crippen molar-refractivity contribution < 1.29 is 73.0 Å². The maximum Gasteiger partial charge on any atom is 0.310 e. The first-order valence-corrected chi connectivity index (χ1v) is 24.3. The van der Waals surface area contributed by atoms with E-state index >= 15 is 0 Å². The Morgan fingerprint density at radius 1 is 0.853 bits per heavy atom. The summed E-state index contributed by atoms with van der Waals surface area (Å²) < 4.78 is 52.6. The average molecular weight is 953 g/mol. The number of hydrogen-bond acceptors (Lipinski definition) is 16. The first-order chi connectivity index (χ1) is 32.8. The van der Waals surface area contributed by atoms with E-state index in [1.807, 2.05) is 35.7 Å². The van der Waals surface area contributed by atoms with Crippen molar-refractivity contribution in [3.63, 3.8) is 0 Å². The van der Waals surface area contributed by atoms with Gasteiger partial charge < -0.3 is 68.2 Å². The van der Waals surface area contributed by atoms with E-state index in [1.54, 1.807) is 18.2 Å². The Balaban J connectivity index is 0.000000192. The van der Waals surface area contributed by atoms with Crippen LogP contribution in [0, 0.1) is 41.4 Å². The number of ether oxygens (including phenoxy) is 9. The summed E-state index contributed by atoms with van der Waals surface area (Å²) in [5, 5.41) is 55.6. The van der Waals surface area contributed by atoms with Gasteiger partial charge in [-0.15, -0.1) is 17.8 Å². The van der Waals surface area contributed by atoms with Crippen molar-refractivity contribution in [1.29, 1.82) is 0 Å². The van der Waals surface area contributed by atoms with Gasteiger partial charge in [0.1, 0.15) is 35.8 Å². The van der Waals surface area contributed by atoms with Gasteiger partial charge >= 0.3 is 5.97 Å². The molecule has 5 heterocycles. The van der Waals surface area contributed by atoms with E-state index in [4.69, 9.17) is 49.1 Å². The number of phenolic OH excluding ortho intramolecular Hbond substituents is 2. The molecule has 4 aliphatic heterocycles. The van der Waals surface area contributed by atoms with Gasteiger partial charge in [0.15, 0.2) is 35.6 Å². The standard InChI is InChI=1S/C32H32O13S.C20H24O2/c1-37-19-6-13(7-20(38-2)25(19)33)23-14-8-17-18(42-12-41-17)9-15(14)28(16-10-39-30(36)24(16)23)44-32-27(35)26(34)29-21(43-32)11-40-31(45-29)22-4-3-5-46-22;1-3-20(22)11-9-18-17-6-4-13-12-14(21)5-7-15(13)16(17)8-10-19(18,20)2/h3-9,16,21,23-24,26-29,31-35H,10-12H2,1-2H3;1,5,7,12,16-18,21-22H,4,6,8-11H2,2H3/t16?,21-,23-,24+,26-,27-,28?,29-,31?,32+;16-,17-,18+,19+,20+/m11/s1. The molecular formula is C52H56O15S. The second-order valence-electron chi connectivity index (χ2n) is 19.6. The fourth-order valence-corrected chi connectivity index (χ4v) is 13.7. The predicted molar refractivity (Wildman–Crippen MR) is 242 cm³/mol. The summed E-state index contributed by atoms with van der Waals surface area (Å²) in [6.07, 6.45) is 4.61. The van der Waals surface area contributed by atoms with Crippen molar-refractivity contribution in [3.8, 4) is 46.8 Å². The highest BCUT2D eigenvalue weighted by Crippen LogP contribution is 2.64. The maximum absolute atomic E-state index is 13.5. The predicted octanol–water partition coefficient (Wildman–Crippen LogP) is 6.37. The minimum atomic E-state index is -1.47. The number of aromatic hydroxyl groups is 2. The molecule has 15 atom stereocenters. The molecule has 15 nitrogen and oxygen atoms in total. The first-order valence-electron chi connectivity index (χ1n) is 23.4. The third-order valence-corrected chi connectivity index (χ3v) is 17.4. The second-order valence-corrected chi connectivity index (χ2v) is 20.5. The number of carbonyl (C=O) groups excluding carboxylic acids is 1. The Labute approximate surface area is 397 Å². The lowest BCUT2D eigenvalue weighted by Crippen LogP contribution is -2.62. The van der Waals surface area contributed by atoms with E-state index in [2.05, 4.69) is 18.9 Å². The zero-order chi connectivity index (χ0) is 47.2. The molecule has 360 valence electrons. The molecule has 12 rings (SSSR count). The first kappa shape index (κ1) is 45.4. The molecule has 3 saturated heterocycles. The third-order valence-electron chi connectivity index (χ3n) is 16.5. The number of aryl methyl sites for hydroxylation is 1. The molecule has 5 N–H and O–H groups in total. The minimum Gasteiger partial charge on any atom is -0.508 e. The number of cyclic esters (lactones) is 1. The number of esters is 1. The van der Waals surface area contributed by atoms with Crippen LogP contribution in [0.5, 0.6) is 34.5 Å². The molecule has 0 amide bonds. The molecule has 0 spiro atoms. The zero-order valence-electron chi connectivity index (χ0n) is 37.9. The van der Waals surface area contributed by atoms with Gasteiger partial charge in [-0.2, -0.15) is 0 Å². The van der Waals surface area contributed by atoms with Crippen molar-refractivity contribution >= 4 is 17.3 Å². The van der Waals surface area contributed by atoms with Crippen LogP contribution >= 0.6 is 11.3 Å². The maximum atomic E-state index is 13.5. The van der Waals surface area contributed by atoms with Crippen molar-refractivity contribution in [3.05, 3.63) is 92.7 Å². The van der Waals surface area contributed by atoms with Crippen molar-refractivity contribution in [1.82, 2.24) is 0 Å². The number of hydrogen-bond donors (Lipinski definition) is 5. The van der Waals surface area contributed by atoms with Crippen molar-refractivity contribution in [2.24, 2.45) is 29.1 Å². The van der Waals surface area contributed by atoms with Crippen molar-refractivity contribution in [2.75, 3.05) is 34.2 Å². The number of aliphatic hydroxyl groups excluding tert-OH is 2. The van der Waals surface area contributed by atoms with E-state index in [0.29, 0.717) is 51.7 Å². The molecular weight excluding hydrogens is 897 g/mol. The Morgan fingerprint density at radius 2 is 1.62 bits per heavy atom. The molecule has 3 aromatic carbocycles. The highest BCUT2D eigenvalue weighted by molar-refractivity contribution is 7.10. The number of rotatable bonds is 6. The average Bonchev–Trinajstić information content (AvgIpc) is 4.18. The van der Waals surface area contributed by atoms with Gasteiger partial charge in [0.05, 0.1) is 44.3 Å². The molecule has 3 unspecified atom stereocenters. The molecule has 2 saturated carbocycles. The molecule has 68 heavy (non-hydrogen) atoms. The van der Waals surface area contributed by atoms with Gasteiger partial charge in [-0.05, 0) is 132 Å². The molecule has 4 aliphatic carbocycles.